The van der Waals surface area contributed by atoms with Crippen LogP contribution in [0.2, 0.25) is 0 Å². The molecule has 0 spiro atoms. The van der Waals surface area contributed by atoms with E-state index >= 15 is 0 Å². The van der Waals surface area contributed by atoms with E-state index in [2.05, 4.69) is 14.7 Å². The van der Waals surface area contributed by atoms with Gasteiger partial charge in [-0.05, 0) is 19.8 Å². The highest BCUT2D eigenvalue weighted by atomic mass is 32.1. The average Bonchev–Trinajstić information content (AvgIpc) is 2.86. The quantitative estimate of drug-likeness (QED) is 0.849. The van der Waals surface area contributed by atoms with Crippen molar-refractivity contribution in [1.82, 2.24) is 9.36 Å². The van der Waals surface area contributed by atoms with Crippen molar-refractivity contribution in [2.75, 3.05) is 5.32 Å². The topological polar surface area (TPSA) is 92.2 Å². The van der Waals surface area contributed by atoms with Gasteiger partial charge in [-0.25, -0.2) is 4.98 Å². The van der Waals surface area contributed by atoms with Crippen molar-refractivity contribution >= 4 is 28.5 Å². The summed E-state index contributed by atoms with van der Waals surface area (Å²) in [5.41, 5.74) is 0. The molecular formula is C10H13N3O3S. The van der Waals surface area contributed by atoms with Crippen LogP contribution in [0.5, 0.6) is 0 Å². The lowest BCUT2D eigenvalue weighted by molar-refractivity contribution is -0.145. The Hall–Kier alpha value is -1.50. The second-order valence-corrected chi connectivity index (χ2v) is 4.87. The SMILES string of the molecule is Cc1nsc(NC(=O)C2CCCC2C(=O)O)n1. The lowest BCUT2D eigenvalue weighted by Gasteiger charge is -2.13. The lowest BCUT2D eigenvalue weighted by Crippen LogP contribution is -2.29. The van der Waals surface area contributed by atoms with Crippen LogP contribution in [0, 0.1) is 18.8 Å². The van der Waals surface area contributed by atoms with Crippen LogP contribution in [-0.2, 0) is 9.59 Å². The van der Waals surface area contributed by atoms with Crippen molar-refractivity contribution in [2.24, 2.45) is 11.8 Å². The van der Waals surface area contributed by atoms with Crippen LogP contribution in [0.4, 0.5) is 5.13 Å². The third kappa shape index (κ3) is 2.60. The molecule has 1 aliphatic carbocycles. The molecule has 17 heavy (non-hydrogen) atoms. The normalized spacial score (nSPS) is 23.6. The Balaban J connectivity index is 2.02. The van der Waals surface area contributed by atoms with E-state index < -0.39 is 17.8 Å². The molecule has 1 aliphatic rings. The molecular weight excluding hydrogens is 242 g/mol. The molecule has 1 saturated carbocycles. The number of nitrogens with zero attached hydrogens (tertiary/aromatic N) is 2. The van der Waals surface area contributed by atoms with Gasteiger partial charge in [-0.1, -0.05) is 6.42 Å². The molecule has 0 radical (unpaired) electrons. The smallest absolute Gasteiger partial charge is 0.307 e. The van der Waals surface area contributed by atoms with E-state index in [-0.39, 0.29) is 5.91 Å². The summed E-state index contributed by atoms with van der Waals surface area (Å²) in [7, 11) is 0. The summed E-state index contributed by atoms with van der Waals surface area (Å²) in [6.07, 6.45) is 1.98. The van der Waals surface area contributed by atoms with E-state index in [4.69, 9.17) is 5.11 Å². The number of amides is 1. The van der Waals surface area contributed by atoms with Crippen molar-refractivity contribution in [3.63, 3.8) is 0 Å². The Kier molecular flexibility index (Phi) is 3.37. The molecule has 1 fully saturated rings. The van der Waals surface area contributed by atoms with Crippen LogP contribution in [0.3, 0.4) is 0 Å². The number of hydrogen-bond donors (Lipinski definition) is 2. The van der Waals surface area contributed by atoms with E-state index in [1.807, 2.05) is 0 Å². The number of carboxylic acid groups (broad SMARTS) is 1. The van der Waals surface area contributed by atoms with Gasteiger partial charge >= 0.3 is 5.97 Å². The monoisotopic (exact) mass is 255 g/mol. The molecule has 0 aromatic carbocycles. The van der Waals surface area contributed by atoms with Crippen molar-refractivity contribution in [3.8, 4) is 0 Å². The molecule has 7 heteroatoms. The number of aryl methyl sites for hydroxylation is 1. The third-order valence-corrected chi connectivity index (χ3v) is 3.65. The van der Waals surface area contributed by atoms with Gasteiger partial charge in [0, 0.05) is 11.5 Å². The second-order valence-electron chi connectivity index (χ2n) is 4.12. The molecule has 6 nitrogen and oxygen atoms in total. The first kappa shape index (κ1) is 12.0. The fourth-order valence-corrected chi connectivity index (χ4v) is 2.69. The predicted octanol–water partition coefficient (Wildman–Crippen LogP) is 1.29. The Morgan fingerprint density at radius 2 is 2.12 bits per heavy atom. The second kappa shape index (κ2) is 4.79. The van der Waals surface area contributed by atoms with Crippen LogP contribution in [0.1, 0.15) is 25.1 Å². The molecule has 2 atom stereocenters. The number of hydrogen-bond acceptors (Lipinski definition) is 5. The lowest BCUT2D eigenvalue weighted by atomic mass is 9.95. The number of anilines is 1. The number of rotatable bonds is 3. The van der Waals surface area contributed by atoms with E-state index in [0.717, 1.165) is 18.0 Å². The molecule has 1 amide bonds. The summed E-state index contributed by atoms with van der Waals surface area (Å²) in [6, 6.07) is 0. The first-order valence-corrected chi connectivity index (χ1v) is 6.19. The molecule has 2 N–H and O–H groups in total. The Morgan fingerprint density at radius 3 is 2.71 bits per heavy atom. The molecule has 1 aromatic rings. The molecule has 92 valence electrons. The maximum atomic E-state index is 11.9. The molecule has 1 aromatic heterocycles. The zero-order valence-corrected chi connectivity index (χ0v) is 10.2. The van der Waals surface area contributed by atoms with E-state index in [1.54, 1.807) is 6.92 Å². The summed E-state index contributed by atoms with van der Waals surface area (Å²) >= 11 is 1.11. The maximum absolute atomic E-state index is 11.9. The Labute approximate surface area is 102 Å². The highest BCUT2D eigenvalue weighted by molar-refractivity contribution is 7.09. The Bertz CT molecular complexity index is 446. The van der Waals surface area contributed by atoms with Gasteiger partial charge in [0.05, 0.1) is 11.8 Å². The first-order valence-electron chi connectivity index (χ1n) is 5.42. The van der Waals surface area contributed by atoms with E-state index in [9.17, 15) is 9.59 Å². The fraction of sp³-hybridized carbons (Fsp3) is 0.600. The van der Waals surface area contributed by atoms with Gasteiger partial charge in [0.1, 0.15) is 5.82 Å². The van der Waals surface area contributed by atoms with Crippen molar-refractivity contribution in [1.29, 1.82) is 0 Å². The summed E-state index contributed by atoms with van der Waals surface area (Å²) in [5.74, 6) is -1.56. The average molecular weight is 255 g/mol. The number of carboxylic acids is 1. The van der Waals surface area contributed by atoms with Crippen LogP contribution < -0.4 is 5.32 Å². The number of carbonyl (C=O) groups excluding carboxylic acids is 1. The minimum atomic E-state index is -0.893. The van der Waals surface area contributed by atoms with Crippen LogP contribution in [0.25, 0.3) is 0 Å². The van der Waals surface area contributed by atoms with Gasteiger partial charge in [-0.15, -0.1) is 0 Å². The van der Waals surface area contributed by atoms with E-state index in [0.29, 0.717) is 23.8 Å². The maximum Gasteiger partial charge on any atom is 0.307 e. The van der Waals surface area contributed by atoms with Crippen molar-refractivity contribution in [2.45, 2.75) is 26.2 Å². The van der Waals surface area contributed by atoms with Gasteiger partial charge < -0.3 is 10.4 Å². The standard InChI is InChI=1S/C10H13N3O3S/c1-5-11-10(17-13-5)12-8(14)6-3-2-4-7(6)9(15)16/h6-7H,2-4H2,1H3,(H,15,16)(H,11,12,13,14). The zero-order chi connectivity index (χ0) is 12.4. The molecule has 0 aliphatic heterocycles. The van der Waals surface area contributed by atoms with Gasteiger partial charge in [-0.3, -0.25) is 9.59 Å². The highest BCUT2D eigenvalue weighted by Crippen LogP contribution is 2.32. The number of nitrogens with one attached hydrogen (secondary N) is 1. The summed E-state index contributed by atoms with van der Waals surface area (Å²) in [6.45, 7) is 1.74. The minimum Gasteiger partial charge on any atom is -0.481 e. The first-order chi connectivity index (χ1) is 8.08. The Morgan fingerprint density at radius 1 is 1.41 bits per heavy atom. The van der Waals surface area contributed by atoms with Crippen molar-refractivity contribution in [3.05, 3.63) is 5.82 Å². The fourth-order valence-electron chi connectivity index (χ4n) is 2.12. The highest BCUT2D eigenvalue weighted by Gasteiger charge is 2.37. The van der Waals surface area contributed by atoms with Gasteiger partial charge in [0.25, 0.3) is 0 Å². The molecule has 2 unspecified atom stereocenters. The molecule has 0 saturated heterocycles. The number of aromatic nitrogens is 2. The van der Waals surface area contributed by atoms with Gasteiger partial charge in [0.2, 0.25) is 11.0 Å². The predicted molar refractivity (Wildman–Crippen MR) is 61.7 cm³/mol. The van der Waals surface area contributed by atoms with Crippen LogP contribution in [-0.4, -0.2) is 26.3 Å². The summed E-state index contributed by atoms with van der Waals surface area (Å²) in [5, 5.41) is 12.1. The number of aliphatic carboxylic acids is 1. The summed E-state index contributed by atoms with van der Waals surface area (Å²) in [4.78, 5) is 26.9. The summed E-state index contributed by atoms with van der Waals surface area (Å²) < 4.78 is 3.95. The molecule has 1 heterocycles. The molecule has 2 rings (SSSR count). The largest absolute Gasteiger partial charge is 0.481 e. The molecule has 0 bridgehead atoms. The number of carbonyl (C=O) groups is 2. The van der Waals surface area contributed by atoms with Gasteiger partial charge in [-0.2, -0.15) is 4.37 Å². The minimum absolute atomic E-state index is 0.258. The van der Waals surface area contributed by atoms with Crippen LogP contribution in [0.15, 0.2) is 0 Å². The zero-order valence-electron chi connectivity index (χ0n) is 9.34. The third-order valence-electron chi connectivity index (χ3n) is 2.93. The van der Waals surface area contributed by atoms with Gasteiger partial charge in [0.15, 0.2) is 0 Å². The van der Waals surface area contributed by atoms with Crippen molar-refractivity contribution < 1.29 is 14.7 Å². The van der Waals surface area contributed by atoms with E-state index in [1.165, 1.54) is 0 Å². The van der Waals surface area contributed by atoms with Crippen LogP contribution >= 0.6 is 11.5 Å².